The van der Waals surface area contributed by atoms with E-state index in [-0.39, 0.29) is 18.3 Å². The van der Waals surface area contributed by atoms with Crippen LogP contribution in [-0.4, -0.2) is 14.5 Å². The Hall–Kier alpha value is -1.42. The normalized spacial score (nSPS) is 9.67. The zero-order valence-electron chi connectivity index (χ0n) is 6.14. The van der Waals surface area contributed by atoms with Crippen LogP contribution < -0.4 is 5.73 Å². The third kappa shape index (κ3) is 1.29. The number of nitrogens with two attached hydrogens (primary N) is 1. The van der Waals surface area contributed by atoms with E-state index >= 15 is 0 Å². The third-order valence-electron chi connectivity index (χ3n) is 1.47. The van der Waals surface area contributed by atoms with E-state index in [0.717, 1.165) is 0 Å². The van der Waals surface area contributed by atoms with E-state index in [1.165, 1.54) is 6.20 Å². The van der Waals surface area contributed by atoms with Crippen molar-refractivity contribution in [2.24, 2.45) is 0 Å². The minimum Gasteiger partial charge on any atom is -0.492 e. The van der Waals surface area contributed by atoms with Crippen molar-refractivity contribution >= 4 is 23.7 Å². The van der Waals surface area contributed by atoms with Crippen molar-refractivity contribution in [1.82, 2.24) is 9.38 Å². The monoisotopic (exact) mass is 185 g/mol. The van der Waals surface area contributed by atoms with Crippen LogP contribution in [0.25, 0.3) is 5.65 Å². The van der Waals surface area contributed by atoms with E-state index in [4.69, 9.17) is 10.8 Å². The Bertz CT molecular complexity index is 398. The molecule has 0 fully saturated rings. The highest BCUT2D eigenvalue weighted by molar-refractivity contribution is 5.85. The maximum absolute atomic E-state index is 8.97. The number of pyridine rings is 1. The fraction of sp³-hybridized carbons (Fsp3) is 0. The number of fused-ring (bicyclic) bond motifs is 1. The highest BCUT2D eigenvalue weighted by Gasteiger charge is 1.97. The molecule has 0 radical (unpaired) electrons. The summed E-state index contributed by atoms with van der Waals surface area (Å²) in [4.78, 5) is 3.81. The first-order valence-electron chi connectivity index (χ1n) is 3.19. The average molecular weight is 186 g/mol. The molecule has 2 heterocycles. The number of anilines is 1. The second-order valence-corrected chi connectivity index (χ2v) is 2.32. The van der Waals surface area contributed by atoms with Gasteiger partial charge in [-0.15, -0.1) is 12.4 Å². The first-order chi connectivity index (χ1) is 5.25. The number of hydrogen-bond donors (Lipinski definition) is 2. The second kappa shape index (κ2) is 2.91. The number of aromatic nitrogens is 2. The fourth-order valence-corrected chi connectivity index (χ4v) is 0.984. The molecule has 0 aliphatic heterocycles. The molecule has 0 aliphatic rings. The Kier molecular flexibility index (Phi) is 2.10. The average Bonchev–Trinajstić information content (AvgIpc) is 2.27. The first kappa shape index (κ1) is 8.67. The van der Waals surface area contributed by atoms with Gasteiger partial charge in [0.1, 0.15) is 5.65 Å². The van der Waals surface area contributed by atoms with Crippen LogP contribution >= 0.6 is 12.4 Å². The van der Waals surface area contributed by atoms with Gasteiger partial charge in [-0.05, 0) is 6.07 Å². The van der Waals surface area contributed by atoms with Crippen LogP contribution in [0.1, 0.15) is 0 Å². The Morgan fingerprint density at radius 2 is 2.25 bits per heavy atom. The standard InChI is InChI=1S/C7H7N3O.ClH/c8-5-1-2-10-4-7(11)9-6(10)3-5;/h1-4,11H,8H2;1H. The van der Waals surface area contributed by atoms with E-state index in [9.17, 15) is 0 Å². The zero-order valence-corrected chi connectivity index (χ0v) is 6.95. The molecule has 0 atom stereocenters. The number of hydrogen-bond acceptors (Lipinski definition) is 3. The maximum atomic E-state index is 8.97. The minimum atomic E-state index is 0. The number of imidazole rings is 1. The number of aromatic hydroxyl groups is 1. The van der Waals surface area contributed by atoms with Gasteiger partial charge in [0.2, 0.25) is 5.88 Å². The summed E-state index contributed by atoms with van der Waals surface area (Å²) in [7, 11) is 0. The molecular formula is C7H8ClN3O. The van der Waals surface area contributed by atoms with Crippen molar-refractivity contribution in [3.63, 3.8) is 0 Å². The molecule has 2 aromatic rings. The van der Waals surface area contributed by atoms with E-state index in [0.29, 0.717) is 11.3 Å². The van der Waals surface area contributed by atoms with Gasteiger partial charge in [0.05, 0.1) is 6.20 Å². The molecular weight excluding hydrogens is 178 g/mol. The zero-order chi connectivity index (χ0) is 7.84. The van der Waals surface area contributed by atoms with Gasteiger partial charge in [-0.25, -0.2) is 0 Å². The van der Waals surface area contributed by atoms with E-state index in [2.05, 4.69) is 4.98 Å². The van der Waals surface area contributed by atoms with Crippen LogP contribution in [0, 0.1) is 0 Å². The fourth-order valence-electron chi connectivity index (χ4n) is 0.984. The molecule has 0 amide bonds. The molecule has 3 N–H and O–H groups in total. The van der Waals surface area contributed by atoms with Crippen LogP contribution in [0.3, 0.4) is 0 Å². The highest BCUT2D eigenvalue weighted by atomic mass is 35.5. The molecule has 2 aromatic heterocycles. The number of rotatable bonds is 0. The van der Waals surface area contributed by atoms with Crippen LogP contribution in [-0.2, 0) is 0 Å². The van der Waals surface area contributed by atoms with Gasteiger partial charge in [-0.3, -0.25) is 0 Å². The Morgan fingerprint density at radius 1 is 1.50 bits per heavy atom. The first-order valence-corrected chi connectivity index (χ1v) is 3.19. The van der Waals surface area contributed by atoms with Gasteiger partial charge in [-0.1, -0.05) is 0 Å². The third-order valence-corrected chi connectivity index (χ3v) is 1.47. The summed E-state index contributed by atoms with van der Waals surface area (Å²) in [6.07, 6.45) is 3.27. The second-order valence-electron chi connectivity index (χ2n) is 2.32. The van der Waals surface area contributed by atoms with Gasteiger partial charge in [0.25, 0.3) is 0 Å². The summed E-state index contributed by atoms with van der Waals surface area (Å²) in [6, 6.07) is 3.44. The smallest absolute Gasteiger partial charge is 0.230 e. The van der Waals surface area contributed by atoms with Gasteiger partial charge >= 0.3 is 0 Å². The van der Waals surface area contributed by atoms with E-state index in [1.54, 1.807) is 22.7 Å². The quantitative estimate of drug-likeness (QED) is 0.645. The molecule has 2 rings (SSSR count). The SMILES string of the molecule is Cl.Nc1ccn2cc(O)nc2c1. The van der Waals surface area contributed by atoms with Crippen LogP contribution in [0.4, 0.5) is 5.69 Å². The predicted molar refractivity (Wildman–Crippen MR) is 48.5 cm³/mol. The lowest BCUT2D eigenvalue weighted by atomic mass is 10.4. The molecule has 64 valence electrons. The largest absolute Gasteiger partial charge is 0.492 e. The van der Waals surface area contributed by atoms with Crippen molar-refractivity contribution in [2.45, 2.75) is 0 Å². The summed E-state index contributed by atoms with van der Waals surface area (Å²) >= 11 is 0. The Balaban J connectivity index is 0.000000720. The van der Waals surface area contributed by atoms with Gasteiger partial charge in [0.15, 0.2) is 0 Å². The molecule has 0 bridgehead atoms. The van der Waals surface area contributed by atoms with Crippen LogP contribution in [0.15, 0.2) is 24.5 Å². The summed E-state index contributed by atoms with van der Waals surface area (Å²) in [5.41, 5.74) is 6.80. The molecule has 12 heavy (non-hydrogen) atoms. The summed E-state index contributed by atoms with van der Waals surface area (Å²) in [5.74, 6) is 0.00981. The van der Waals surface area contributed by atoms with Gasteiger partial charge < -0.3 is 15.2 Å². The van der Waals surface area contributed by atoms with Crippen molar-refractivity contribution in [3.05, 3.63) is 24.5 Å². The topological polar surface area (TPSA) is 63.5 Å². The van der Waals surface area contributed by atoms with E-state index < -0.39 is 0 Å². The predicted octanol–water partition coefficient (Wildman–Crippen LogP) is 1.04. The van der Waals surface area contributed by atoms with Crippen LogP contribution in [0.2, 0.25) is 0 Å². The minimum absolute atomic E-state index is 0. The van der Waals surface area contributed by atoms with Gasteiger partial charge in [-0.2, -0.15) is 4.98 Å². The molecule has 5 heteroatoms. The van der Waals surface area contributed by atoms with Crippen molar-refractivity contribution in [2.75, 3.05) is 5.73 Å². The Labute approximate surface area is 75.1 Å². The van der Waals surface area contributed by atoms with Crippen molar-refractivity contribution in [3.8, 4) is 5.88 Å². The number of nitrogens with zero attached hydrogens (tertiary/aromatic N) is 2. The summed E-state index contributed by atoms with van der Waals surface area (Å²) in [6.45, 7) is 0. The number of halogens is 1. The highest BCUT2D eigenvalue weighted by Crippen LogP contribution is 2.12. The number of nitrogen functional groups attached to an aromatic ring is 1. The molecule has 0 spiro atoms. The molecule has 4 nitrogen and oxygen atoms in total. The maximum Gasteiger partial charge on any atom is 0.230 e. The molecule has 0 saturated heterocycles. The Morgan fingerprint density at radius 3 is 3.00 bits per heavy atom. The van der Waals surface area contributed by atoms with Crippen LogP contribution in [0.5, 0.6) is 5.88 Å². The molecule has 0 aliphatic carbocycles. The lowest BCUT2D eigenvalue weighted by Gasteiger charge is -1.92. The molecule has 0 aromatic carbocycles. The van der Waals surface area contributed by atoms with Crippen molar-refractivity contribution < 1.29 is 5.11 Å². The summed E-state index contributed by atoms with van der Waals surface area (Å²) < 4.78 is 1.70. The lowest BCUT2D eigenvalue weighted by Crippen LogP contribution is -1.87. The molecule has 0 saturated carbocycles. The summed E-state index contributed by atoms with van der Waals surface area (Å²) in [5, 5.41) is 8.97. The van der Waals surface area contributed by atoms with Crippen molar-refractivity contribution in [1.29, 1.82) is 0 Å². The lowest BCUT2D eigenvalue weighted by molar-refractivity contribution is 0.457. The van der Waals surface area contributed by atoms with Gasteiger partial charge in [0, 0.05) is 18.0 Å². The van der Waals surface area contributed by atoms with E-state index in [1.807, 2.05) is 0 Å². The molecule has 0 unspecified atom stereocenters.